The monoisotopic (exact) mass is 363 g/mol. The van der Waals surface area contributed by atoms with E-state index in [4.69, 9.17) is 0 Å². The molecule has 28 heavy (non-hydrogen) atoms. The quantitative estimate of drug-likeness (QED) is 0.257. The third kappa shape index (κ3) is 2.81. The summed E-state index contributed by atoms with van der Waals surface area (Å²) in [6.45, 7) is 0. The molecule has 1 aromatic heterocycles. The summed E-state index contributed by atoms with van der Waals surface area (Å²) in [4.78, 5) is 15.6. The number of fused-ring (bicyclic) bond motifs is 3. The number of amides is 1. The molecule has 1 heterocycles. The highest BCUT2D eigenvalue weighted by atomic mass is 16.2. The van der Waals surface area contributed by atoms with Crippen LogP contribution in [0.5, 0.6) is 0 Å². The van der Waals surface area contributed by atoms with Gasteiger partial charge < -0.3 is 4.98 Å². The number of hydrogen-bond donors (Lipinski definition) is 2. The Kier molecular flexibility index (Phi) is 3.87. The van der Waals surface area contributed by atoms with Crippen molar-refractivity contribution in [3.8, 4) is 0 Å². The highest BCUT2D eigenvalue weighted by Gasteiger charge is 2.09. The van der Waals surface area contributed by atoms with E-state index in [2.05, 4.69) is 45.8 Å². The van der Waals surface area contributed by atoms with Gasteiger partial charge in [0.1, 0.15) is 5.69 Å². The lowest BCUT2D eigenvalue weighted by Crippen LogP contribution is -2.17. The van der Waals surface area contributed by atoms with Crippen LogP contribution in [0.25, 0.3) is 32.4 Å². The Labute approximate surface area is 161 Å². The molecular weight excluding hydrogens is 346 g/mol. The largest absolute Gasteiger partial charge is 0.350 e. The van der Waals surface area contributed by atoms with E-state index < -0.39 is 0 Å². The predicted octanol–water partition coefficient (Wildman–Crippen LogP) is 5.24. The lowest BCUT2D eigenvalue weighted by Gasteiger charge is -2.07. The number of carbonyl (C=O) groups excluding carboxylic acids is 1. The molecule has 5 rings (SSSR count). The average molecular weight is 363 g/mol. The highest BCUT2D eigenvalue weighted by Crippen LogP contribution is 2.27. The minimum atomic E-state index is -0.267. The van der Waals surface area contributed by atoms with Crippen LogP contribution in [-0.4, -0.2) is 17.1 Å². The SMILES string of the molecule is O=C(N/N=C/c1c2ccccc2cc2ccccc12)c1cc2ccccc2[nH]1. The first-order chi connectivity index (χ1) is 13.8. The Morgan fingerprint density at radius 3 is 2.07 bits per heavy atom. The molecule has 4 heteroatoms. The van der Waals surface area contributed by atoms with E-state index in [0.717, 1.165) is 38.0 Å². The number of nitrogens with zero attached hydrogens (tertiary/aromatic N) is 1. The maximum Gasteiger partial charge on any atom is 0.287 e. The topological polar surface area (TPSA) is 57.2 Å². The molecule has 0 spiro atoms. The summed E-state index contributed by atoms with van der Waals surface area (Å²) < 4.78 is 0. The van der Waals surface area contributed by atoms with Crippen molar-refractivity contribution in [2.45, 2.75) is 0 Å². The first kappa shape index (κ1) is 16.3. The van der Waals surface area contributed by atoms with Gasteiger partial charge in [-0.05, 0) is 39.7 Å². The van der Waals surface area contributed by atoms with Crippen molar-refractivity contribution in [2.75, 3.05) is 0 Å². The Bertz CT molecular complexity index is 1280. The van der Waals surface area contributed by atoms with E-state index in [-0.39, 0.29) is 5.91 Å². The van der Waals surface area contributed by atoms with Gasteiger partial charge in [-0.15, -0.1) is 0 Å². The fraction of sp³-hybridized carbons (Fsp3) is 0. The summed E-state index contributed by atoms with van der Waals surface area (Å²) in [5.41, 5.74) is 5.04. The lowest BCUT2D eigenvalue weighted by molar-refractivity contribution is 0.0951. The van der Waals surface area contributed by atoms with Gasteiger partial charge in [-0.1, -0.05) is 66.7 Å². The van der Waals surface area contributed by atoms with Crippen LogP contribution < -0.4 is 5.43 Å². The minimum Gasteiger partial charge on any atom is -0.350 e. The molecule has 0 radical (unpaired) electrons. The Balaban J connectivity index is 1.50. The number of H-pyrrole nitrogens is 1. The van der Waals surface area contributed by atoms with Crippen LogP contribution in [0, 0.1) is 0 Å². The number of para-hydroxylation sites is 1. The van der Waals surface area contributed by atoms with Crippen molar-refractivity contribution in [1.82, 2.24) is 10.4 Å². The third-order valence-corrected chi connectivity index (χ3v) is 4.95. The van der Waals surface area contributed by atoms with Crippen molar-refractivity contribution < 1.29 is 4.79 Å². The first-order valence-corrected chi connectivity index (χ1v) is 9.11. The number of aromatic amines is 1. The van der Waals surface area contributed by atoms with Gasteiger partial charge >= 0.3 is 0 Å². The van der Waals surface area contributed by atoms with Gasteiger partial charge in [-0.25, -0.2) is 5.43 Å². The molecule has 134 valence electrons. The van der Waals surface area contributed by atoms with E-state index in [0.29, 0.717) is 5.69 Å². The maximum atomic E-state index is 12.5. The summed E-state index contributed by atoms with van der Waals surface area (Å²) in [5, 5.41) is 9.73. The van der Waals surface area contributed by atoms with Crippen molar-refractivity contribution in [1.29, 1.82) is 0 Å². The van der Waals surface area contributed by atoms with E-state index in [9.17, 15) is 4.79 Å². The molecule has 0 atom stereocenters. The highest BCUT2D eigenvalue weighted by molar-refractivity contribution is 6.13. The zero-order valence-electron chi connectivity index (χ0n) is 15.0. The van der Waals surface area contributed by atoms with Gasteiger partial charge in [0.25, 0.3) is 5.91 Å². The first-order valence-electron chi connectivity index (χ1n) is 9.11. The Morgan fingerprint density at radius 1 is 0.786 bits per heavy atom. The van der Waals surface area contributed by atoms with E-state index >= 15 is 0 Å². The number of carbonyl (C=O) groups is 1. The Morgan fingerprint density at radius 2 is 1.39 bits per heavy atom. The molecule has 5 aromatic rings. The fourth-order valence-corrected chi connectivity index (χ4v) is 3.60. The van der Waals surface area contributed by atoms with Gasteiger partial charge in [0, 0.05) is 16.5 Å². The molecule has 2 N–H and O–H groups in total. The van der Waals surface area contributed by atoms with Gasteiger partial charge in [0.15, 0.2) is 0 Å². The van der Waals surface area contributed by atoms with Gasteiger partial charge in [-0.2, -0.15) is 5.10 Å². The standard InChI is InChI=1S/C24H17N3O/c28-24(23-14-18-9-3-6-12-22(18)26-23)27-25-15-21-19-10-4-1-7-16(19)13-17-8-2-5-11-20(17)21/h1-15,26H,(H,27,28)/b25-15+. The van der Waals surface area contributed by atoms with Gasteiger partial charge in [-0.3, -0.25) is 4.79 Å². The van der Waals surface area contributed by atoms with Crippen LogP contribution >= 0.6 is 0 Å². The molecule has 4 nitrogen and oxygen atoms in total. The molecule has 0 aliphatic heterocycles. The van der Waals surface area contributed by atoms with Gasteiger partial charge in [0.05, 0.1) is 6.21 Å². The molecule has 0 fully saturated rings. The van der Waals surface area contributed by atoms with Crippen LogP contribution in [0.4, 0.5) is 0 Å². The van der Waals surface area contributed by atoms with Crippen LogP contribution in [0.15, 0.2) is 90.0 Å². The molecule has 4 aromatic carbocycles. The maximum absolute atomic E-state index is 12.5. The van der Waals surface area contributed by atoms with E-state index in [1.807, 2.05) is 54.6 Å². The van der Waals surface area contributed by atoms with Crippen LogP contribution in [-0.2, 0) is 0 Å². The zero-order chi connectivity index (χ0) is 18.9. The molecule has 0 saturated heterocycles. The summed E-state index contributed by atoms with van der Waals surface area (Å²) in [7, 11) is 0. The smallest absolute Gasteiger partial charge is 0.287 e. The number of hydrazone groups is 1. The number of aromatic nitrogens is 1. The van der Waals surface area contributed by atoms with Crippen molar-refractivity contribution in [3.05, 3.63) is 96.2 Å². The molecule has 0 saturated carbocycles. The van der Waals surface area contributed by atoms with Crippen LogP contribution in [0.1, 0.15) is 16.1 Å². The number of benzene rings is 4. The predicted molar refractivity (Wildman–Crippen MR) is 115 cm³/mol. The molecule has 1 amide bonds. The summed E-state index contributed by atoms with van der Waals surface area (Å²) >= 11 is 0. The van der Waals surface area contributed by atoms with Crippen LogP contribution in [0.2, 0.25) is 0 Å². The van der Waals surface area contributed by atoms with Crippen molar-refractivity contribution >= 4 is 44.6 Å². The third-order valence-electron chi connectivity index (χ3n) is 4.95. The lowest BCUT2D eigenvalue weighted by atomic mass is 9.97. The second-order valence-corrected chi connectivity index (χ2v) is 6.70. The average Bonchev–Trinajstić information content (AvgIpc) is 3.17. The summed E-state index contributed by atoms with van der Waals surface area (Å²) in [6, 6.07) is 28.2. The fourth-order valence-electron chi connectivity index (χ4n) is 3.60. The summed E-state index contributed by atoms with van der Waals surface area (Å²) in [5.74, 6) is -0.267. The zero-order valence-corrected chi connectivity index (χ0v) is 15.0. The van der Waals surface area contributed by atoms with Crippen LogP contribution in [0.3, 0.4) is 0 Å². The molecule has 0 unspecified atom stereocenters. The molecule has 0 aliphatic rings. The molecule has 0 bridgehead atoms. The van der Waals surface area contributed by atoms with Crippen molar-refractivity contribution in [3.63, 3.8) is 0 Å². The van der Waals surface area contributed by atoms with Crippen molar-refractivity contribution in [2.24, 2.45) is 5.10 Å². The van der Waals surface area contributed by atoms with E-state index in [1.165, 1.54) is 0 Å². The minimum absolute atomic E-state index is 0.267. The number of nitrogens with one attached hydrogen (secondary N) is 2. The molecular formula is C24H17N3O. The summed E-state index contributed by atoms with van der Waals surface area (Å²) in [6.07, 6.45) is 1.73. The van der Waals surface area contributed by atoms with E-state index in [1.54, 1.807) is 6.21 Å². The normalized spacial score (nSPS) is 11.6. The number of rotatable bonds is 3. The molecule has 0 aliphatic carbocycles. The second-order valence-electron chi connectivity index (χ2n) is 6.70. The Hall–Kier alpha value is -3.92. The van der Waals surface area contributed by atoms with Gasteiger partial charge in [0.2, 0.25) is 0 Å². The second kappa shape index (κ2) is 6.67. The number of hydrogen-bond acceptors (Lipinski definition) is 2.